The van der Waals surface area contributed by atoms with E-state index in [1.54, 1.807) is 0 Å². The van der Waals surface area contributed by atoms with Crippen molar-refractivity contribution in [3.8, 4) is 0 Å². The molecule has 0 aromatic heterocycles. The molecule has 0 fully saturated rings. The Bertz CT molecular complexity index is 1380. The molecule has 1 unspecified atom stereocenters. The smallest absolute Gasteiger partial charge is 0.306 e. The average Bonchev–Trinajstić information content (AvgIpc) is 3.38. The van der Waals surface area contributed by atoms with Gasteiger partial charge in [0.15, 0.2) is 6.10 Å². The molecule has 0 aliphatic rings. The van der Waals surface area contributed by atoms with Crippen LogP contribution in [0.3, 0.4) is 0 Å². The van der Waals surface area contributed by atoms with Gasteiger partial charge in [-0.3, -0.25) is 14.4 Å². The minimum absolute atomic E-state index is 0.0882. The third-order valence-corrected chi connectivity index (χ3v) is 13.2. The molecule has 0 saturated heterocycles. The lowest BCUT2D eigenvalue weighted by molar-refractivity contribution is -0.167. The second-order valence-corrected chi connectivity index (χ2v) is 20.3. The summed E-state index contributed by atoms with van der Waals surface area (Å²) >= 11 is 0. The molecule has 0 N–H and O–H groups in total. The third-order valence-electron chi connectivity index (χ3n) is 13.2. The number of rotatable bonds is 55. The van der Waals surface area contributed by atoms with E-state index in [4.69, 9.17) is 14.2 Å². The minimum atomic E-state index is -0.793. The van der Waals surface area contributed by atoms with Crippen LogP contribution >= 0.6 is 0 Å². The van der Waals surface area contributed by atoms with Gasteiger partial charge in [-0.25, -0.2) is 0 Å². The zero-order valence-electron chi connectivity index (χ0n) is 47.4. The second-order valence-electron chi connectivity index (χ2n) is 20.3. The Morgan fingerprint density at radius 3 is 0.972 bits per heavy atom. The molecule has 6 nitrogen and oxygen atoms in total. The first-order valence-electron chi connectivity index (χ1n) is 30.6. The van der Waals surface area contributed by atoms with E-state index in [-0.39, 0.29) is 31.1 Å². The van der Waals surface area contributed by atoms with Gasteiger partial charge in [0.2, 0.25) is 0 Å². The first-order valence-corrected chi connectivity index (χ1v) is 30.6. The van der Waals surface area contributed by atoms with Gasteiger partial charge in [-0.05, 0) is 103 Å². The summed E-state index contributed by atoms with van der Waals surface area (Å²) in [5, 5.41) is 0. The predicted molar refractivity (Wildman–Crippen MR) is 311 cm³/mol. The van der Waals surface area contributed by atoms with Gasteiger partial charge < -0.3 is 14.2 Å². The largest absolute Gasteiger partial charge is 0.462 e. The van der Waals surface area contributed by atoms with Crippen molar-refractivity contribution in [2.45, 2.75) is 303 Å². The van der Waals surface area contributed by atoms with Gasteiger partial charge in [0.25, 0.3) is 0 Å². The van der Waals surface area contributed by atoms with Crippen molar-refractivity contribution in [3.05, 3.63) is 85.1 Å². The van der Waals surface area contributed by atoms with Gasteiger partial charge in [-0.1, -0.05) is 260 Å². The molecular formula is C66H114O6. The van der Waals surface area contributed by atoms with E-state index < -0.39 is 6.10 Å². The summed E-state index contributed by atoms with van der Waals surface area (Å²) in [7, 11) is 0. The van der Waals surface area contributed by atoms with Crippen molar-refractivity contribution in [2.75, 3.05) is 13.2 Å². The molecule has 0 aromatic carbocycles. The van der Waals surface area contributed by atoms with Crippen LogP contribution in [0.25, 0.3) is 0 Å². The molecule has 0 heterocycles. The maximum atomic E-state index is 12.9. The number of esters is 3. The van der Waals surface area contributed by atoms with E-state index in [9.17, 15) is 14.4 Å². The summed E-state index contributed by atoms with van der Waals surface area (Å²) in [5.41, 5.74) is 0. The van der Waals surface area contributed by atoms with Crippen molar-refractivity contribution in [2.24, 2.45) is 0 Å². The molecule has 0 spiro atoms. The number of allylic oxidation sites excluding steroid dienone is 14. The topological polar surface area (TPSA) is 78.9 Å². The van der Waals surface area contributed by atoms with Gasteiger partial charge in [-0.2, -0.15) is 0 Å². The van der Waals surface area contributed by atoms with Gasteiger partial charge in [-0.15, -0.1) is 0 Å². The molecular weight excluding hydrogens is 889 g/mol. The maximum Gasteiger partial charge on any atom is 0.306 e. The number of carbonyl (C=O) groups excluding carboxylic acids is 3. The Morgan fingerprint density at radius 2 is 0.597 bits per heavy atom. The van der Waals surface area contributed by atoms with Crippen LogP contribution in [-0.4, -0.2) is 37.2 Å². The van der Waals surface area contributed by atoms with E-state index in [1.807, 2.05) is 0 Å². The zero-order valence-corrected chi connectivity index (χ0v) is 47.4. The van der Waals surface area contributed by atoms with Gasteiger partial charge in [0.05, 0.1) is 0 Å². The fraction of sp³-hybridized carbons (Fsp3) is 0.742. The summed E-state index contributed by atoms with van der Waals surface area (Å²) < 4.78 is 16.9. The number of hydrogen-bond acceptors (Lipinski definition) is 6. The summed E-state index contributed by atoms with van der Waals surface area (Å²) in [4.78, 5) is 38.3. The lowest BCUT2D eigenvalue weighted by Gasteiger charge is -2.18. The molecule has 0 bridgehead atoms. The van der Waals surface area contributed by atoms with Gasteiger partial charge >= 0.3 is 17.9 Å². The molecule has 0 aliphatic heterocycles. The molecule has 0 aromatic rings. The van der Waals surface area contributed by atoms with Crippen molar-refractivity contribution in [1.82, 2.24) is 0 Å². The highest BCUT2D eigenvalue weighted by Gasteiger charge is 2.19. The fourth-order valence-corrected chi connectivity index (χ4v) is 8.57. The number of unbranched alkanes of at least 4 members (excludes halogenated alkanes) is 32. The van der Waals surface area contributed by atoms with E-state index in [0.717, 1.165) is 103 Å². The monoisotopic (exact) mass is 1000 g/mol. The highest BCUT2D eigenvalue weighted by molar-refractivity contribution is 5.71. The maximum absolute atomic E-state index is 12.9. The summed E-state index contributed by atoms with van der Waals surface area (Å²) in [6, 6.07) is 0. The summed E-state index contributed by atoms with van der Waals surface area (Å²) in [6.45, 7) is 6.51. The number of ether oxygens (including phenoxy) is 3. The molecule has 0 aliphatic carbocycles. The molecule has 0 saturated carbocycles. The van der Waals surface area contributed by atoms with Crippen molar-refractivity contribution in [3.63, 3.8) is 0 Å². The minimum Gasteiger partial charge on any atom is -0.462 e. The average molecular weight is 1000 g/mol. The zero-order chi connectivity index (χ0) is 52.2. The van der Waals surface area contributed by atoms with Crippen LogP contribution in [0.15, 0.2) is 85.1 Å². The lowest BCUT2D eigenvalue weighted by Crippen LogP contribution is -2.30. The first-order chi connectivity index (χ1) is 35.5. The van der Waals surface area contributed by atoms with Crippen LogP contribution < -0.4 is 0 Å². The quantitative estimate of drug-likeness (QED) is 0.0199. The first kappa shape index (κ1) is 68.6. The molecule has 72 heavy (non-hydrogen) atoms. The van der Waals surface area contributed by atoms with Crippen LogP contribution in [0.1, 0.15) is 297 Å². The normalized spacial score (nSPS) is 12.7. The molecule has 0 amide bonds. The summed E-state index contributed by atoms with van der Waals surface area (Å²) in [6.07, 6.45) is 78.6. The van der Waals surface area contributed by atoms with Crippen molar-refractivity contribution in [1.29, 1.82) is 0 Å². The Balaban J connectivity index is 4.43. The lowest BCUT2D eigenvalue weighted by atomic mass is 10.1. The van der Waals surface area contributed by atoms with Crippen molar-refractivity contribution < 1.29 is 28.6 Å². The van der Waals surface area contributed by atoms with E-state index in [1.165, 1.54) is 154 Å². The molecule has 0 radical (unpaired) electrons. The van der Waals surface area contributed by atoms with Gasteiger partial charge in [0.1, 0.15) is 13.2 Å². The molecule has 1 atom stereocenters. The van der Waals surface area contributed by atoms with Crippen molar-refractivity contribution >= 4 is 17.9 Å². The van der Waals surface area contributed by atoms with Crippen LogP contribution in [0.5, 0.6) is 0 Å². The Morgan fingerprint density at radius 1 is 0.306 bits per heavy atom. The third kappa shape index (κ3) is 57.5. The molecule has 6 heteroatoms. The highest BCUT2D eigenvalue weighted by atomic mass is 16.6. The number of hydrogen-bond donors (Lipinski definition) is 0. The SMILES string of the molecule is CC/C=C\C/C=C\C/C=C\CCCCCCCCCCCC(=O)OCC(COC(=O)CCCCCCCCC/C=C\CCCCCCCC)OC(=O)CCCCCCC\C=C/C=C\C=C/CCCCCCC. The fourth-order valence-electron chi connectivity index (χ4n) is 8.57. The second kappa shape index (κ2) is 60.1. The molecule has 0 rings (SSSR count). The standard InChI is InChI=1S/C66H114O6/c1-4-7-10-13-16-19-22-25-28-31-33-36-38-41-44-47-50-53-56-59-65(68)71-62-63(61-70-64(67)58-55-52-49-46-43-40-37-34-30-27-24-21-18-15-12-9-6-3)72-66(69)60-57-54-51-48-45-42-39-35-32-29-26-23-20-17-14-11-8-5-2/h7,10,16,19,23,25-30,32,35,39,63H,4-6,8-9,11-15,17-18,20-22,24,31,33-34,36-38,40-62H2,1-3H3/b10-7-,19-16-,26-23-,28-25-,30-27-,32-29-,39-35-. The van der Waals surface area contributed by atoms with E-state index in [0.29, 0.717) is 19.3 Å². The Labute approximate surface area is 445 Å². The Hall–Kier alpha value is -3.41. The van der Waals surface area contributed by atoms with E-state index in [2.05, 4.69) is 106 Å². The molecule has 414 valence electrons. The van der Waals surface area contributed by atoms with Crippen LogP contribution in [0, 0.1) is 0 Å². The Kier molecular flexibility index (Phi) is 57.3. The number of carbonyl (C=O) groups is 3. The van der Waals surface area contributed by atoms with Gasteiger partial charge in [0, 0.05) is 19.3 Å². The predicted octanol–water partition coefficient (Wildman–Crippen LogP) is 20.7. The summed E-state index contributed by atoms with van der Waals surface area (Å²) in [5.74, 6) is -0.908. The van der Waals surface area contributed by atoms with Crippen LogP contribution in [-0.2, 0) is 28.6 Å². The highest BCUT2D eigenvalue weighted by Crippen LogP contribution is 2.15. The van der Waals surface area contributed by atoms with E-state index >= 15 is 0 Å². The van der Waals surface area contributed by atoms with Crippen LogP contribution in [0.4, 0.5) is 0 Å². The van der Waals surface area contributed by atoms with Crippen LogP contribution in [0.2, 0.25) is 0 Å².